The maximum absolute atomic E-state index is 8.53. The van der Waals surface area contributed by atoms with E-state index in [2.05, 4.69) is 5.10 Å². The highest BCUT2D eigenvalue weighted by atomic mass is 16.9. The quantitative estimate of drug-likeness (QED) is 0.251. The Labute approximate surface area is 133 Å². The molecular formula is C13H18N6O4. The highest BCUT2D eigenvalue weighted by Crippen LogP contribution is 2.10. The molecular weight excluding hydrogens is 304 g/mol. The van der Waals surface area contributed by atoms with E-state index < -0.39 is 5.09 Å². The fourth-order valence-corrected chi connectivity index (χ4v) is 1.36. The largest absolute Gasteiger partial charge is 0.494 e. The minimum Gasteiger partial charge on any atom is -0.494 e. The Hall–Kier alpha value is -3.35. The highest BCUT2D eigenvalue weighted by molar-refractivity contribution is 5.79. The van der Waals surface area contributed by atoms with Crippen LogP contribution in [0, 0.1) is 26.7 Å². The van der Waals surface area contributed by atoms with Crippen LogP contribution in [0.3, 0.4) is 0 Å². The van der Waals surface area contributed by atoms with Gasteiger partial charge in [0, 0.05) is 0 Å². The van der Waals surface area contributed by atoms with Gasteiger partial charge in [0.25, 0.3) is 0 Å². The molecule has 0 aromatic heterocycles. The second-order valence-corrected chi connectivity index (χ2v) is 3.93. The molecule has 10 heteroatoms. The first-order valence-electron chi connectivity index (χ1n) is 6.51. The second kappa shape index (κ2) is 11.3. The summed E-state index contributed by atoms with van der Waals surface area (Å²) in [5.74, 6) is 0.878. The third-order valence-electron chi connectivity index (χ3n) is 2.27. The van der Waals surface area contributed by atoms with Gasteiger partial charge in [0.15, 0.2) is 0 Å². The lowest BCUT2D eigenvalue weighted by Crippen LogP contribution is -2.33. The van der Waals surface area contributed by atoms with Crippen molar-refractivity contribution in [3.05, 3.63) is 45.2 Å². The van der Waals surface area contributed by atoms with Gasteiger partial charge in [-0.15, -0.1) is 9.79 Å². The monoisotopic (exact) mass is 322 g/mol. The van der Waals surface area contributed by atoms with Crippen LogP contribution in [0.25, 0.3) is 0 Å². The molecule has 0 bridgehead atoms. The van der Waals surface area contributed by atoms with Gasteiger partial charge >= 0.3 is 5.96 Å². The first-order chi connectivity index (χ1) is 10.9. The smallest absolute Gasteiger partial charge is 0.365 e. The highest BCUT2D eigenvalue weighted by Gasteiger charge is 2.01. The van der Waals surface area contributed by atoms with Crippen LogP contribution in [-0.4, -0.2) is 35.1 Å². The lowest BCUT2D eigenvalue weighted by Gasteiger charge is -2.02. The van der Waals surface area contributed by atoms with Crippen LogP contribution in [0.2, 0.25) is 0 Å². The Morgan fingerprint density at radius 3 is 2.39 bits per heavy atom. The van der Waals surface area contributed by atoms with Gasteiger partial charge in [-0.1, -0.05) is 0 Å². The summed E-state index contributed by atoms with van der Waals surface area (Å²) >= 11 is 0. The van der Waals surface area contributed by atoms with Gasteiger partial charge < -0.3 is 20.1 Å². The van der Waals surface area contributed by atoms with E-state index in [1.165, 1.54) is 4.68 Å². The maximum Gasteiger partial charge on any atom is 0.365 e. The number of ether oxygens (including phenoxy) is 1. The molecule has 0 aliphatic rings. The SMILES string of the molecule is CCOc1ccc(C=N[N+](CCC#N)=C(N)N)cc1.O=[N+]([O-])[O-]. The summed E-state index contributed by atoms with van der Waals surface area (Å²) in [4.78, 5) is 8.25. The molecule has 1 rings (SSSR count). The van der Waals surface area contributed by atoms with E-state index in [1.54, 1.807) is 6.21 Å². The molecule has 0 spiro atoms. The van der Waals surface area contributed by atoms with Gasteiger partial charge in [-0.05, 0) is 36.8 Å². The summed E-state index contributed by atoms with van der Waals surface area (Å²) < 4.78 is 6.73. The first kappa shape index (κ1) is 19.7. The van der Waals surface area contributed by atoms with Crippen molar-refractivity contribution in [2.45, 2.75) is 13.3 Å². The van der Waals surface area contributed by atoms with Crippen molar-refractivity contribution < 1.29 is 14.5 Å². The van der Waals surface area contributed by atoms with Crippen LogP contribution >= 0.6 is 0 Å². The molecule has 10 nitrogen and oxygen atoms in total. The molecule has 0 fully saturated rings. The van der Waals surface area contributed by atoms with Crippen molar-refractivity contribution in [3.63, 3.8) is 0 Å². The zero-order valence-corrected chi connectivity index (χ0v) is 12.6. The Bertz CT molecular complexity index is 583. The Kier molecular flexibility index (Phi) is 9.68. The third-order valence-corrected chi connectivity index (χ3v) is 2.27. The first-order valence-corrected chi connectivity index (χ1v) is 6.51. The fourth-order valence-electron chi connectivity index (χ4n) is 1.36. The molecule has 0 amide bonds. The summed E-state index contributed by atoms with van der Waals surface area (Å²) in [6.07, 6.45) is 1.94. The van der Waals surface area contributed by atoms with Crippen molar-refractivity contribution in [3.8, 4) is 11.8 Å². The number of hydrogen-bond acceptors (Lipinski definition) is 6. The Morgan fingerprint density at radius 1 is 1.39 bits per heavy atom. The fraction of sp³-hybridized carbons (Fsp3) is 0.308. The van der Waals surface area contributed by atoms with Crippen molar-refractivity contribution in [1.29, 1.82) is 5.26 Å². The normalized spacial score (nSPS) is 9.39. The van der Waals surface area contributed by atoms with Crippen LogP contribution in [0.4, 0.5) is 0 Å². The molecule has 0 aliphatic carbocycles. The molecule has 0 saturated heterocycles. The van der Waals surface area contributed by atoms with E-state index >= 15 is 0 Å². The van der Waals surface area contributed by atoms with Gasteiger partial charge in [-0.2, -0.15) is 5.26 Å². The molecule has 1 aromatic carbocycles. The van der Waals surface area contributed by atoms with Gasteiger partial charge in [-0.25, -0.2) is 0 Å². The molecule has 0 saturated carbocycles. The van der Waals surface area contributed by atoms with Crippen molar-refractivity contribution in [2.75, 3.05) is 13.2 Å². The van der Waals surface area contributed by atoms with Gasteiger partial charge in [0.2, 0.25) is 0 Å². The summed E-state index contributed by atoms with van der Waals surface area (Å²) in [5.41, 5.74) is 11.9. The zero-order valence-electron chi connectivity index (χ0n) is 12.6. The van der Waals surface area contributed by atoms with Gasteiger partial charge in [0.1, 0.15) is 12.3 Å². The minimum absolute atomic E-state index is 0.0671. The van der Waals surface area contributed by atoms with E-state index in [9.17, 15) is 0 Å². The molecule has 0 heterocycles. The summed E-state index contributed by atoms with van der Waals surface area (Å²) in [6, 6.07) is 9.50. The average Bonchev–Trinajstić information content (AvgIpc) is 2.48. The Balaban J connectivity index is 0.00000108. The molecule has 0 radical (unpaired) electrons. The number of nitriles is 1. The van der Waals surface area contributed by atoms with Crippen LogP contribution in [0.1, 0.15) is 18.9 Å². The van der Waals surface area contributed by atoms with Crippen LogP contribution < -0.4 is 16.2 Å². The molecule has 1 aromatic rings. The minimum atomic E-state index is -1.75. The number of guanidine groups is 1. The van der Waals surface area contributed by atoms with E-state index in [4.69, 9.17) is 36.8 Å². The average molecular weight is 322 g/mol. The van der Waals surface area contributed by atoms with Crippen molar-refractivity contribution in [1.82, 2.24) is 0 Å². The summed E-state index contributed by atoms with van der Waals surface area (Å²) in [7, 11) is 0. The lowest BCUT2D eigenvalue weighted by atomic mass is 10.2. The van der Waals surface area contributed by atoms with E-state index in [-0.39, 0.29) is 5.96 Å². The number of benzene rings is 1. The Morgan fingerprint density at radius 2 is 1.96 bits per heavy atom. The van der Waals surface area contributed by atoms with E-state index in [1.807, 2.05) is 37.3 Å². The van der Waals surface area contributed by atoms with E-state index in [0.29, 0.717) is 19.6 Å². The lowest BCUT2D eigenvalue weighted by molar-refractivity contribution is -0.533. The number of nitrogens with zero attached hydrogens (tertiary/aromatic N) is 4. The predicted molar refractivity (Wildman–Crippen MR) is 84.3 cm³/mol. The van der Waals surface area contributed by atoms with E-state index in [0.717, 1.165) is 11.3 Å². The maximum atomic E-state index is 8.53. The zero-order chi connectivity index (χ0) is 17.7. The molecule has 124 valence electrons. The number of hydrazone groups is 1. The summed E-state index contributed by atoms with van der Waals surface area (Å²) in [5, 5.41) is 27.4. The summed E-state index contributed by atoms with van der Waals surface area (Å²) in [6.45, 7) is 2.93. The van der Waals surface area contributed by atoms with Crippen LogP contribution in [-0.2, 0) is 0 Å². The molecule has 0 unspecified atom stereocenters. The number of hydrogen-bond donors (Lipinski definition) is 2. The van der Waals surface area contributed by atoms with Gasteiger partial charge in [0.05, 0.1) is 30.4 Å². The number of rotatable bonds is 6. The predicted octanol–water partition coefficient (Wildman–Crippen LogP) is 0.380. The number of nitrogens with two attached hydrogens (primary N) is 2. The van der Waals surface area contributed by atoms with Gasteiger partial charge in [-0.3, -0.25) is 11.5 Å². The molecule has 0 atom stereocenters. The molecule has 23 heavy (non-hydrogen) atoms. The van der Waals surface area contributed by atoms with Crippen molar-refractivity contribution in [2.24, 2.45) is 16.6 Å². The molecule has 0 aliphatic heterocycles. The third kappa shape index (κ3) is 10.1. The topological polar surface area (TPSA) is 167 Å². The second-order valence-electron chi connectivity index (χ2n) is 3.93. The van der Waals surface area contributed by atoms with Crippen LogP contribution in [0.5, 0.6) is 5.75 Å². The van der Waals surface area contributed by atoms with Crippen molar-refractivity contribution >= 4 is 12.2 Å². The van der Waals surface area contributed by atoms with Crippen LogP contribution in [0.15, 0.2) is 29.4 Å². The molecule has 4 N–H and O–H groups in total. The standard InChI is InChI=1S/C13H17N5O.NO3/c1-2-19-12-6-4-11(5-7-12)10-17-18(13(15)16)9-3-8-14;2-1(3)4/h4-7,10H,2-3,9H2,1H3,(H3,15,16);/q;-1/p+1.